The van der Waals surface area contributed by atoms with Gasteiger partial charge in [-0.3, -0.25) is 4.57 Å². The molecule has 6 nitrogen and oxygen atoms in total. The molecule has 172 valence electrons. The first-order valence-corrected chi connectivity index (χ1v) is 10.9. The number of H-pyrrole nitrogens is 1. The predicted octanol–water partition coefficient (Wildman–Crippen LogP) is 6.06. The third-order valence-electron chi connectivity index (χ3n) is 5.46. The van der Waals surface area contributed by atoms with Crippen molar-refractivity contribution in [2.75, 3.05) is 5.73 Å². The first-order valence-electron chi connectivity index (χ1n) is 10.9. The predicted molar refractivity (Wildman–Crippen MR) is 130 cm³/mol. The van der Waals surface area contributed by atoms with Crippen LogP contribution in [0.2, 0.25) is 0 Å². The smallest absolute Gasteiger partial charge is 0.202 e. The molecule has 0 saturated carbocycles. The van der Waals surface area contributed by atoms with Crippen LogP contribution in [0.5, 0.6) is 0 Å². The fraction of sp³-hybridized carbons (Fsp3) is 0.192. The third kappa shape index (κ3) is 3.91. The van der Waals surface area contributed by atoms with Gasteiger partial charge in [0.25, 0.3) is 0 Å². The summed E-state index contributed by atoms with van der Waals surface area (Å²) in [6, 6.07) is 16.8. The lowest BCUT2D eigenvalue weighted by Gasteiger charge is -2.19. The Labute approximate surface area is 195 Å². The molecule has 8 heteroatoms. The number of nitrogens with two attached hydrogens (primary N) is 1. The molecular formula is C26H24F2N6. The van der Waals surface area contributed by atoms with Crippen LogP contribution in [0.3, 0.4) is 0 Å². The molecule has 3 heterocycles. The van der Waals surface area contributed by atoms with Gasteiger partial charge in [0.1, 0.15) is 23.0 Å². The Balaban J connectivity index is 1.73. The summed E-state index contributed by atoms with van der Waals surface area (Å²) in [7, 11) is 0. The number of aromatic nitrogens is 5. The Kier molecular flexibility index (Phi) is 5.16. The zero-order chi connectivity index (χ0) is 24.0. The van der Waals surface area contributed by atoms with E-state index >= 15 is 0 Å². The molecule has 0 unspecified atom stereocenters. The Bertz CT molecular complexity index is 1480. The summed E-state index contributed by atoms with van der Waals surface area (Å²) in [5.74, 6) is -0.913. The van der Waals surface area contributed by atoms with Gasteiger partial charge in [0.05, 0.1) is 22.6 Å². The average molecular weight is 459 g/mol. The highest BCUT2D eigenvalue weighted by atomic mass is 19.1. The molecule has 0 aliphatic carbocycles. The standard InChI is InChI=1S/C26H24F2N6/c1-26(2,3)14-34-24-19(31-25(34)29)13-12-18(30-24)22-21(15-8-5-4-6-9-15)32-23(33-22)20-16(27)10-7-11-17(20)28/h4-13H,14H2,1-3H3,(H2,29,31)(H,32,33). The van der Waals surface area contributed by atoms with E-state index in [2.05, 4.69) is 35.7 Å². The number of imidazole rings is 2. The number of hydrogen-bond donors (Lipinski definition) is 2. The summed E-state index contributed by atoms with van der Waals surface area (Å²) in [5, 5.41) is 0. The molecule has 3 N–H and O–H groups in total. The molecule has 5 rings (SSSR count). The second kappa shape index (κ2) is 8.06. The van der Waals surface area contributed by atoms with Crippen LogP contribution in [-0.4, -0.2) is 24.5 Å². The number of benzene rings is 2. The molecule has 34 heavy (non-hydrogen) atoms. The van der Waals surface area contributed by atoms with Crippen molar-refractivity contribution < 1.29 is 8.78 Å². The summed E-state index contributed by atoms with van der Waals surface area (Å²) < 4.78 is 31.0. The van der Waals surface area contributed by atoms with Crippen molar-refractivity contribution in [3.63, 3.8) is 0 Å². The van der Waals surface area contributed by atoms with Gasteiger partial charge >= 0.3 is 0 Å². The van der Waals surface area contributed by atoms with Crippen LogP contribution in [0, 0.1) is 17.0 Å². The van der Waals surface area contributed by atoms with E-state index in [-0.39, 0.29) is 16.8 Å². The van der Waals surface area contributed by atoms with Crippen LogP contribution in [-0.2, 0) is 6.54 Å². The summed E-state index contributed by atoms with van der Waals surface area (Å²) >= 11 is 0. The van der Waals surface area contributed by atoms with Crippen molar-refractivity contribution in [3.05, 3.63) is 72.3 Å². The summed E-state index contributed by atoms with van der Waals surface area (Å²) in [6.07, 6.45) is 0. The van der Waals surface area contributed by atoms with E-state index in [1.807, 2.05) is 41.0 Å². The lowest BCUT2D eigenvalue weighted by atomic mass is 9.97. The highest BCUT2D eigenvalue weighted by Gasteiger charge is 2.22. The van der Waals surface area contributed by atoms with Gasteiger partial charge < -0.3 is 10.7 Å². The van der Waals surface area contributed by atoms with E-state index in [0.29, 0.717) is 40.7 Å². The number of fused-ring (bicyclic) bond motifs is 1. The Hall–Kier alpha value is -4.07. The van der Waals surface area contributed by atoms with Gasteiger partial charge in [-0.2, -0.15) is 0 Å². The quantitative estimate of drug-likeness (QED) is 0.343. The number of anilines is 1. The molecule has 0 fully saturated rings. The van der Waals surface area contributed by atoms with Gasteiger partial charge in [-0.15, -0.1) is 0 Å². The lowest BCUT2D eigenvalue weighted by Crippen LogP contribution is -2.17. The number of halogens is 2. The molecule has 0 spiro atoms. The third-order valence-corrected chi connectivity index (χ3v) is 5.46. The first-order chi connectivity index (χ1) is 16.2. The largest absolute Gasteiger partial charge is 0.369 e. The molecule has 0 radical (unpaired) electrons. The highest BCUT2D eigenvalue weighted by molar-refractivity contribution is 5.83. The topological polar surface area (TPSA) is 85.4 Å². The highest BCUT2D eigenvalue weighted by Crippen LogP contribution is 2.35. The Morgan fingerprint density at radius 2 is 1.59 bits per heavy atom. The van der Waals surface area contributed by atoms with Crippen molar-refractivity contribution in [1.29, 1.82) is 0 Å². The molecule has 5 aromatic rings. The van der Waals surface area contributed by atoms with Crippen LogP contribution in [0.25, 0.3) is 45.2 Å². The maximum absolute atomic E-state index is 14.6. The summed E-state index contributed by atoms with van der Waals surface area (Å²) in [5.41, 5.74) is 9.69. The number of nitrogen functional groups attached to an aromatic ring is 1. The fourth-order valence-electron chi connectivity index (χ4n) is 3.99. The van der Waals surface area contributed by atoms with Gasteiger partial charge in [-0.25, -0.2) is 23.7 Å². The number of nitrogens with one attached hydrogen (secondary N) is 1. The maximum Gasteiger partial charge on any atom is 0.202 e. The first kappa shape index (κ1) is 21.8. The van der Waals surface area contributed by atoms with Crippen LogP contribution in [0.4, 0.5) is 14.7 Å². The number of hydrogen-bond acceptors (Lipinski definition) is 4. The molecule has 0 atom stereocenters. The van der Waals surface area contributed by atoms with E-state index in [1.165, 1.54) is 18.2 Å². The molecule has 2 aromatic carbocycles. The lowest BCUT2D eigenvalue weighted by molar-refractivity contribution is 0.350. The number of rotatable bonds is 4. The van der Waals surface area contributed by atoms with Crippen molar-refractivity contribution >= 4 is 17.1 Å². The van der Waals surface area contributed by atoms with E-state index in [4.69, 9.17) is 10.7 Å². The molecule has 0 aliphatic heterocycles. The van der Waals surface area contributed by atoms with E-state index < -0.39 is 11.6 Å². The van der Waals surface area contributed by atoms with E-state index in [9.17, 15) is 8.78 Å². The summed E-state index contributed by atoms with van der Waals surface area (Å²) in [4.78, 5) is 17.0. The van der Waals surface area contributed by atoms with Crippen molar-refractivity contribution in [3.8, 4) is 34.0 Å². The molecule has 0 aliphatic rings. The molecule has 0 amide bonds. The van der Waals surface area contributed by atoms with Gasteiger partial charge in [-0.05, 0) is 29.7 Å². The van der Waals surface area contributed by atoms with Crippen molar-refractivity contribution in [2.24, 2.45) is 5.41 Å². The minimum Gasteiger partial charge on any atom is -0.369 e. The number of pyridine rings is 1. The number of nitrogens with zero attached hydrogens (tertiary/aromatic N) is 4. The monoisotopic (exact) mass is 458 g/mol. The molecule has 3 aromatic heterocycles. The van der Waals surface area contributed by atoms with Crippen LogP contribution in [0.1, 0.15) is 20.8 Å². The average Bonchev–Trinajstić information content (AvgIpc) is 3.35. The van der Waals surface area contributed by atoms with Crippen LogP contribution < -0.4 is 5.73 Å². The molecular weight excluding hydrogens is 434 g/mol. The molecule has 0 bridgehead atoms. The second-order valence-corrected chi connectivity index (χ2v) is 9.43. The zero-order valence-electron chi connectivity index (χ0n) is 19.1. The van der Waals surface area contributed by atoms with Crippen molar-refractivity contribution in [2.45, 2.75) is 27.3 Å². The van der Waals surface area contributed by atoms with E-state index in [0.717, 1.165) is 5.56 Å². The van der Waals surface area contributed by atoms with Crippen molar-refractivity contribution in [1.82, 2.24) is 24.5 Å². The molecule has 0 saturated heterocycles. The van der Waals surface area contributed by atoms with Gasteiger partial charge in [0, 0.05) is 12.1 Å². The van der Waals surface area contributed by atoms with Gasteiger partial charge in [0.15, 0.2) is 5.65 Å². The van der Waals surface area contributed by atoms with E-state index in [1.54, 1.807) is 6.07 Å². The maximum atomic E-state index is 14.6. The van der Waals surface area contributed by atoms with Crippen LogP contribution in [0.15, 0.2) is 60.7 Å². The Morgan fingerprint density at radius 1 is 0.882 bits per heavy atom. The van der Waals surface area contributed by atoms with Gasteiger partial charge in [-0.1, -0.05) is 57.2 Å². The SMILES string of the molecule is CC(C)(C)Cn1c(N)nc2ccc(-c3[nH]c(-c4c(F)cccc4F)nc3-c3ccccc3)nc21. The minimum atomic E-state index is -0.695. The Morgan fingerprint density at radius 3 is 2.26 bits per heavy atom. The normalized spacial score (nSPS) is 11.9. The summed E-state index contributed by atoms with van der Waals surface area (Å²) in [6.45, 7) is 6.96. The number of aromatic amines is 1. The van der Waals surface area contributed by atoms with Gasteiger partial charge in [0.2, 0.25) is 5.95 Å². The fourth-order valence-corrected chi connectivity index (χ4v) is 3.99. The van der Waals surface area contributed by atoms with Crippen LogP contribution >= 0.6 is 0 Å². The zero-order valence-corrected chi connectivity index (χ0v) is 19.1. The minimum absolute atomic E-state index is 0.0435. The second-order valence-electron chi connectivity index (χ2n) is 9.43.